The van der Waals surface area contributed by atoms with E-state index in [0.717, 1.165) is 11.6 Å². The highest BCUT2D eigenvalue weighted by atomic mass is 16.6. The van der Waals surface area contributed by atoms with Gasteiger partial charge in [0.05, 0.1) is 31.9 Å². The largest absolute Gasteiger partial charge is 0.495 e. The van der Waals surface area contributed by atoms with Crippen LogP contribution < -0.4 is 24.8 Å². The van der Waals surface area contributed by atoms with Gasteiger partial charge in [0.15, 0.2) is 11.5 Å². The number of hydrogen-bond donors (Lipinski definition) is 2. The second-order valence-corrected chi connectivity index (χ2v) is 5.79. The van der Waals surface area contributed by atoms with Crippen LogP contribution in [0.1, 0.15) is 5.56 Å². The van der Waals surface area contributed by atoms with E-state index >= 15 is 0 Å². The van der Waals surface area contributed by atoms with Crippen LogP contribution in [0.15, 0.2) is 36.4 Å². The zero-order valence-electron chi connectivity index (χ0n) is 16.2. The monoisotopic (exact) mass is 403 g/mol. The number of amides is 2. The smallest absolute Gasteiger partial charge is 0.313 e. The number of carbonyl (C=O) groups excluding carboxylic acids is 2. The third-order valence-electron chi connectivity index (χ3n) is 4.00. The number of anilines is 1. The van der Waals surface area contributed by atoms with Gasteiger partial charge in [-0.3, -0.25) is 19.7 Å². The Morgan fingerprint density at radius 3 is 2.21 bits per heavy atom. The molecule has 2 aromatic rings. The van der Waals surface area contributed by atoms with Gasteiger partial charge in [0, 0.05) is 18.7 Å². The Balaban J connectivity index is 1.95. The summed E-state index contributed by atoms with van der Waals surface area (Å²) in [6.07, 6.45) is 0.458. The Kier molecular flexibility index (Phi) is 7.35. The maximum absolute atomic E-state index is 12.1. The Morgan fingerprint density at radius 2 is 1.59 bits per heavy atom. The molecule has 2 amide bonds. The Morgan fingerprint density at radius 1 is 0.931 bits per heavy atom. The molecule has 0 aromatic heterocycles. The van der Waals surface area contributed by atoms with Crippen LogP contribution in [0.2, 0.25) is 0 Å². The summed E-state index contributed by atoms with van der Waals surface area (Å²) in [6.45, 7) is 0.202. The van der Waals surface area contributed by atoms with E-state index in [1.807, 2.05) is 6.07 Å². The molecule has 0 radical (unpaired) electrons. The first-order chi connectivity index (χ1) is 13.9. The number of carbonyl (C=O) groups is 2. The summed E-state index contributed by atoms with van der Waals surface area (Å²) in [5, 5.41) is 15.7. The molecule has 0 atom stereocenters. The van der Waals surface area contributed by atoms with Gasteiger partial charge in [-0.05, 0) is 30.2 Å². The third-order valence-corrected chi connectivity index (χ3v) is 4.00. The predicted molar refractivity (Wildman–Crippen MR) is 105 cm³/mol. The number of nitrogens with zero attached hydrogens (tertiary/aromatic N) is 1. The second kappa shape index (κ2) is 9.93. The first-order valence-electron chi connectivity index (χ1n) is 8.52. The van der Waals surface area contributed by atoms with Gasteiger partial charge in [-0.1, -0.05) is 6.07 Å². The SMILES string of the molecule is COc1ccc([N+](=O)[O-])cc1NC(=O)C(=O)NCCc1ccc(OC)c(OC)c1. The Bertz CT molecular complexity index is 915. The van der Waals surface area contributed by atoms with Gasteiger partial charge in [0.2, 0.25) is 0 Å². The number of non-ortho nitro benzene ring substituents is 1. The quantitative estimate of drug-likeness (QED) is 0.391. The second-order valence-electron chi connectivity index (χ2n) is 5.79. The number of methoxy groups -OCH3 is 3. The molecule has 0 aliphatic heterocycles. The third kappa shape index (κ3) is 5.58. The molecule has 0 bridgehead atoms. The molecule has 0 aliphatic rings. The van der Waals surface area contributed by atoms with Gasteiger partial charge in [-0.25, -0.2) is 0 Å². The van der Waals surface area contributed by atoms with Crippen molar-refractivity contribution in [2.75, 3.05) is 33.2 Å². The number of hydrogen-bond acceptors (Lipinski definition) is 7. The van der Waals surface area contributed by atoms with Crippen molar-refractivity contribution in [2.24, 2.45) is 0 Å². The van der Waals surface area contributed by atoms with Crippen molar-refractivity contribution >= 4 is 23.2 Å². The number of ether oxygens (including phenoxy) is 3. The van der Waals surface area contributed by atoms with Gasteiger partial charge in [-0.2, -0.15) is 0 Å². The fourth-order valence-electron chi connectivity index (χ4n) is 2.52. The van der Waals surface area contributed by atoms with Gasteiger partial charge < -0.3 is 24.8 Å². The van der Waals surface area contributed by atoms with E-state index in [2.05, 4.69) is 10.6 Å². The van der Waals surface area contributed by atoms with Crippen LogP contribution in [0.3, 0.4) is 0 Å². The fraction of sp³-hybridized carbons (Fsp3) is 0.263. The highest BCUT2D eigenvalue weighted by Gasteiger charge is 2.18. The topological polar surface area (TPSA) is 129 Å². The highest BCUT2D eigenvalue weighted by Crippen LogP contribution is 2.29. The van der Waals surface area contributed by atoms with Gasteiger partial charge >= 0.3 is 11.8 Å². The zero-order chi connectivity index (χ0) is 21.4. The molecule has 2 rings (SSSR count). The summed E-state index contributed by atoms with van der Waals surface area (Å²) in [5.74, 6) is -0.491. The molecule has 0 spiro atoms. The van der Waals surface area contributed by atoms with Crippen molar-refractivity contribution in [3.05, 3.63) is 52.1 Å². The molecule has 10 nitrogen and oxygen atoms in total. The molecule has 10 heteroatoms. The minimum absolute atomic E-state index is 0.0294. The maximum atomic E-state index is 12.1. The molecule has 2 N–H and O–H groups in total. The van der Waals surface area contributed by atoms with Crippen LogP contribution in [0.4, 0.5) is 11.4 Å². The van der Waals surface area contributed by atoms with Crippen LogP contribution >= 0.6 is 0 Å². The molecule has 0 unspecified atom stereocenters. The molecule has 0 fully saturated rings. The Labute approximate surface area is 166 Å². The van der Waals surface area contributed by atoms with E-state index in [1.165, 1.54) is 33.5 Å². The molecule has 0 heterocycles. The molecule has 0 saturated heterocycles. The van der Waals surface area contributed by atoms with Crippen LogP contribution in [0, 0.1) is 10.1 Å². The first kappa shape index (κ1) is 21.5. The Hall–Kier alpha value is -3.82. The number of nitro benzene ring substituents is 1. The fourth-order valence-corrected chi connectivity index (χ4v) is 2.52. The van der Waals surface area contributed by atoms with Crippen molar-refractivity contribution in [2.45, 2.75) is 6.42 Å². The highest BCUT2D eigenvalue weighted by molar-refractivity contribution is 6.39. The van der Waals surface area contributed by atoms with E-state index in [4.69, 9.17) is 14.2 Å². The number of nitro groups is 1. The molecule has 29 heavy (non-hydrogen) atoms. The molecular weight excluding hydrogens is 382 g/mol. The minimum Gasteiger partial charge on any atom is -0.495 e. The molecule has 2 aromatic carbocycles. The van der Waals surface area contributed by atoms with E-state index < -0.39 is 16.7 Å². The van der Waals surface area contributed by atoms with Crippen molar-refractivity contribution in [3.63, 3.8) is 0 Å². The maximum Gasteiger partial charge on any atom is 0.313 e. The molecule has 0 saturated carbocycles. The molecule has 154 valence electrons. The van der Waals surface area contributed by atoms with Crippen LogP contribution in [-0.2, 0) is 16.0 Å². The van der Waals surface area contributed by atoms with E-state index in [1.54, 1.807) is 12.1 Å². The lowest BCUT2D eigenvalue weighted by Crippen LogP contribution is -2.36. The number of rotatable bonds is 8. The molecular formula is C19H21N3O7. The van der Waals surface area contributed by atoms with E-state index in [9.17, 15) is 19.7 Å². The lowest BCUT2D eigenvalue weighted by molar-refractivity contribution is -0.384. The van der Waals surface area contributed by atoms with Crippen LogP contribution in [-0.4, -0.2) is 44.6 Å². The van der Waals surface area contributed by atoms with Crippen LogP contribution in [0.5, 0.6) is 17.2 Å². The molecule has 0 aliphatic carbocycles. The summed E-state index contributed by atoms with van der Waals surface area (Å²) in [7, 11) is 4.41. The normalized spacial score (nSPS) is 10.0. The number of nitrogens with one attached hydrogen (secondary N) is 2. The minimum atomic E-state index is -0.962. The lowest BCUT2D eigenvalue weighted by Gasteiger charge is -2.11. The summed E-state index contributed by atoms with van der Waals surface area (Å²) < 4.78 is 15.4. The van der Waals surface area contributed by atoms with Crippen molar-refractivity contribution in [1.29, 1.82) is 0 Å². The van der Waals surface area contributed by atoms with Crippen molar-refractivity contribution in [1.82, 2.24) is 5.32 Å². The predicted octanol–water partition coefficient (Wildman–Crippen LogP) is 1.92. The number of benzene rings is 2. The van der Waals surface area contributed by atoms with E-state index in [0.29, 0.717) is 17.9 Å². The van der Waals surface area contributed by atoms with Gasteiger partial charge in [0.1, 0.15) is 5.75 Å². The summed E-state index contributed by atoms with van der Waals surface area (Å²) >= 11 is 0. The van der Waals surface area contributed by atoms with Gasteiger partial charge in [0.25, 0.3) is 5.69 Å². The van der Waals surface area contributed by atoms with Gasteiger partial charge in [-0.15, -0.1) is 0 Å². The van der Waals surface area contributed by atoms with Crippen molar-refractivity contribution < 1.29 is 28.7 Å². The zero-order valence-corrected chi connectivity index (χ0v) is 16.2. The van der Waals surface area contributed by atoms with E-state index in [-0.39, 0.29) is 23.7 Å². The standard InChI is InChI=1S/C19H21N3O7/c1-27-15-7-5-13(22(25)26)11-14(15)21-19(24)18(23)20-9-8-12-4-6-16(28-2)17(10-12)29-3/h4-7,10-11H,8-9H2,1-3H3,(H,20,23)(H,21,24). The van der Waals surface area contributed by atoms with Crippen LogP contribution in [0.25, 0.3) is 0 Å². The summed E-state index contributed by atoms with van der Waals surface area (Å²) in [6, 6.07) is 9.03. The first-order valence-corrected chi connectivity index (χ1v) is 8.52. The average molecular weight is 403 g/mol. The van der Waals surface area contributed by atoms with Crippen molar-refractivity contribution in [3.8, 4) is 17.2 Å². The lowest BCUT2D eigenvalue weighted by atomic mass is 10.1. The summed E-state index contributed by atoms with van der Waals surface area (Å²) in [4.78, 5) is 34.4. The summed E-state index contributed by atoms with van der Waals surface area (Å²) in [5.41, 5.74) is 0.667. The average Bonchev–Trinajstić information content (AvgIpc) is 2.73.